The molecule has 1 N–H and O–H groups in total. The first-order valence-corrected chi connectivity index (χ1v) is 4.51. The molecule has 0 aliphatic rings. The maximum absolute atomic E-state index is 9.47. The molecule has 0 radical (unpaired) electrons. The minimum Gasteiger partial charge on any atom is -0.507 e. The van der Waals surface area contributed by atoms with Gasteiger partial charge in [0.1, 0.15) is 18.4 Å². The summed E-state index contributed by atoms with van der Waals surface area (Å²) in [6.45, 7) is 0. The Morgan fingerprint density at radius 1 is 1.33 bits per heavy atom. The second-order valence-electron chi connectivity index (χ2n) is 2.79. The highest BCUT2D eigenvalue weighted by Gasteiger charge is 1.98. The summed E-state index contributed by atoms with van der Waals surface area (Å²) in [6, 6.07) is 4.73. The van der Waals surface area contributed by atoms with Crippen molar-refractivity contribution in [2.75, 3.05) is 0 Å². The van der Waals surface area contributed by atoms with Crippen molar-refractivity contribution in [2.24, 2.45) is 5.10 Å². The van der Waals surface area contributed by atoms with Crippen molar-refractivity contribution in [2.45, 2.75) is 0 Å². The molecule has 2 rings (SSSR count). The van der Waals surface area contributed by atoms with Gasteiger partial charge in [-0.05, 0) is 18.2 Å². The molecule has 0 unspecified atom stereocenters. The van der Waals surface area contributed by atoms with E-state index >= 15 is 0 Å². The molecule has 0 amide bonds. The smallest absolute Gasteiger partial charge is 0.141 e. The lowest BCUT2D eigenvalue weighted by Crippen LogP contribution is -1.87. The van der Waals surface area contributed by atoms with Crippen molar-refractivity contribution < 1.29 is 5.11 Å². The van der Waals surface area contributed by atoms with Crippen molar-refractivity contribution >= 4 is 17.8 Å². The largest absolute Gasteiger partial charge is 0.507 e. The fraction of sp³-hybridized carbons (Fsp3) is 0. The summed E-state index contributed by atoms with van der Waals surface area (Å²) in [4.78, 5) is 0. The maximum atomic E-state index is 9.47. The van der Waals surface area contributed by atoms with Crippen LogP contribution in [0.3, 0.4) is 0 Å². The highest BCUT2D eigenvalue weighted by molar-refractivity contribution is 6.30. The predicted molar refractivity (Wildman–Crippen MR) is 56.1 cm³/mol. The molecule has 0 aliphatic heterocycles. The zero-order valence-electron chi connectivity index (χ0n) is 7.58. The Morgan fingerprint density at radius 2 is 2.07 bits per heavy atom. The van der Waals surface area contributed by atoms with Crippen LogP contribution >= 0.6 is 11.6 Å². The molecule has 1 heterocycles. The fourth-order valence-electron chi connectivity index (χ4n) is 1.01. The van der Waals surface area contributed by atoms with E-state index in [0.717, 1.165) is 0 Å². The van der Waals surface area contributed by atoms with Gasteiger partial charge in [-0.15, -0.1) is 10.2 Å². The van der Waals surface area contributed by atoms with Crippen molar-refractivity contribution in [3.05, 3.63) is 41.4 Å². The summed E-state index contributed by atoms with van der Waals surface area (Å²) in [6.07, 6.45) is 4.36. The van der Waals surface area contributed by atoms with Crippen LogP contribution in [-0.4, -0.2) is 26.2 Å². The van der Waals surface area contributed by atoms with Crippen LogP contribution in [0.5, 0.6) is 5.75 Å². The molecule has 5 nitrogen and oxygen atoms in total. The molecule has 0 saturated heterocycles. The number of aromatic nitrogens is 3. The fourth-order valence-corrected chi connectivity index (χ4v) is 1.19. The monoisotopic (exact) mass is 222 g/mol. The lowest BCUT2D eigenvalue weighted by Gasteiger charge is -1.98. The van der Waals surface area contributed by atoms with Crippen molar-refractivity contribution in [1.82, 2.24) is 14.9 Å². The SMILES string of the molecule is Oc1ccc(Cl)cc1/C=N\n1cnnc1. The molecule has 0 aliphatic carbocycles. The molecular formula is C9H7ClN4O. The second-order valence-corrected chi connectivity index (χ2v) is 3.23. The van der Waals surface area contributed by atoms with Gasteiger partial charge in [-0.25, -0.2) is 4.68 Å². The first-order chi connectivity index (χ1) is 7.25. The normalized spacial score (nSPS) is 11.0. The van der Waals surface area contributed by atoms with E-state index < -0.39 is 0 Å². The Bertz CT molecular complexity index is 481. The van der Waals surface area contributed by atoms with Gasteiger partial charge < -0.3 is 5.11 Å². The van der Waals surface area contributed by atoms with Crippen LogP contribution in [-0.2, 0) is 0 Å². The number of halogens is 1. The third kappa shape index (κ3) is 2.32. The Morgan fingerprint density at radius 3 is 2.80 bits per heavy atom. The number of hydrogen-bond donors (Lipinski definition) is 1. The lowest BCUT2D eigenvalue weighted by atomic mass is 10.2. The van der Waals surface area contributed by atoms with E-state index in [1.165, 1.54) is 29.6 Å². The Balaban J connectivity index is 2.27. The third-order valence-corrected chi connectivity index (χ3v) is 1.96. The van der Waals surface area contributed by atoms with Gasteiger partial charge in [0.15, 0.2) is 0 Å². The maximum Gasteiger partial charge on any atom is 0.141 e. The van der Waals surface area contributed by atoms with Gasteiger partial charge in [0.05, 0.1) is 6.21 Å². The summed E-state index contributed by atoms with van der Waals surface area (Å²) in [5, 5.41) is 21.2. The standard InChI is InChI=1S/C9H7ClN4O/c10-8-1-2-9(15)7(3-8)4-13-14-5-11-12-6-14/h1-6,15H/b13-4-. The van der Waals surface area contributed by atoms with Crippen LogP contribution in [0.25, 0.3) is 0 Å². The predicted octanol–water partition coefficient (Wildman–Crippen LogP) is 1.52. The van der Waals surface area contributed by atoms with Gasteiger partial charge in [0, 0.05) is 10.6 Å². The van der Waals surface area contributed by atoms with Crippen LogP contribution in [0.4, 0.5) is 0 Å². The van der Waals surface area contributed by atoms with Crippen molar-refractivity contribution in [1.29, 1.82) is 0 Å². The van der Waals surface area contributed by atoms with Crippen molar-refractivity contribution in [3.8, 4) is 5.75 Å². The average molecular weight is 223 g/mol. The number of phenolic OH excluding ortho intramolecular Hbond substituents is 1. The van der Waals surface area contributed by atoms with Gasteiger partial charge in [-0.3, -0.25) is 0 Å². The Hall–Kier alpha value is -1.88. The van der Waals surface area contributed by atoms with E-state index in [4.69, 9.17) is 11.6 Å². The molecule has 15 heavy (non-hydrogen) atoms. The first kappa shape index (κ1) is 9.67. The van der Waals surface area contributed by atoms with Crippen LogP contribution in [0.1, 0.15) is 5.56 Å². The molecule has 0 atom stereocenters. The zero-order valence-corrected chi connectivity index (χ0v) is 8.33. The minimum absolute atomic E-state index is 0.122. The molecule has 2 aromatic rings. The van der Waals surface area contributed by atoms with E-state index in [0.29, 0.717) is 10.6 Å². The summed E-state index contributed by atoms with van der Waals surface area (Å²) in [5.74, 6) is 0.122. The van der Waals surface area contributed by atoms with Crippen LogP contribution in [0.15, 0.2) is 36.0 Å². The topological polar surface area (TPSA) is 63.3 Å². The van der Waals surface area contributed by atoms with Gasteiger partial charge in [-0.1, -0.05) is 11.6 Å². The number of benzene rings is 1. The van der Waals surface area contributed by atoms with Gasteiger partial charge in [0.2, 0.25) is 0 Å². The summed E-state index contributed by atoms with van der Waals surface area (Å²) in [7, 11) is 0. The number of rotatable bonds is 2. The number of hydrogen-bond acceptors (Lipinski definition) is 4. The third-order valence-electron chi connectivity index (χ3n) is 1.73. The Kier molecular flexibility index (Phi) is 2.64. The van der Waals surface area contributed by atoms with E-state index in [9.17, 15) is 5.11 Å². The van der Waals surface area contributed by atoms with Gasteiger partial charge in [-0.2, -0.15) is 5.10 Å². The molecule has 1 aromatic heterocycles. The molecule has 1 aromatic carbocycles. The molecule has 0 spiro atoms. The lowest BCUT2D eigenvalue weighted by molar-refractivity contribution is 0.474. The van der Waals surface area contributed by atoms with Gasteiger partial charge >= 0.3 is 0 Å². The molecule has 76 valence electrons. The molecule has 6 heteroatoms. The highest BCUT2D eigenvalue weighted by Crippen LogP contribution is 2.19. The van der Waals surface area contributed by atoms with Crippen LogP contribution in [0, 0.1) is 0 Å². The van der Waals surface area contributed by atoms with Crippen LogP contribution < -0.4 is 0 Å². The summed E-state index contributed by atoms with van der Waals surface area (Å²) >= 11 is 5.77. The second kappa shape index (κ2) is 4.10. The highest BCUT2D eigenvalue weighted by atomic mass is 35.5. The molecule has 0 bridgehead atoms. The van der Waals surface area contributed by atoms with E-state index in [1.807, 2.05) is 0 Å². The number of nitrogens with zero attached hydrogens (tertiary/aromatic N) is 4. The molecular weight excluding hydrogens is 216 g/mol. The van der Waals surface area contributed by atoms with E-state index in [-0.39, 0.29) is 5.75 Å². The summed E-state index contributed by atoms with van der Waals surface area (Å²) < 4.78 is 1.42. The number of phenols is 1. The van der Waals surface area contributed by atoms with Gasteiger partial charge in [0.25, 0.3) is 0 Å². The Labute approximate surface area is 90.6 Å². The summed E-state index contributed by atoms with van der Waals surface area (Å²) in [5.41, 5.74) is 0.538. The quantitative estimate of drug-likeness (QED) is 0.784. The molecule has 0 fully saturated rings. The minimum atomic E-state index is 0.122. The van der Waals surface area contributed by atoms with E-state index in [1.54, 1.807) is 12.1 Å². The zero-order chi connectivity index (χ0) is 10.7. The van der Waals surface area contributed by atoms with E-state index in [2.05, 4.69) is 15.3 Å². The average Bonchev–Trinajstić information content (AvgIpc) is 2.72. The molecule has 0 saturated carbocycles. The van der Waals surface area contributed by atoms with Crippen molar-refractivity contribution in [3.63, 3.8) is 0 Å². The number of aromatic hydroxyl groups is 1. The van der Waals surface area contributed by atoms with Crippen LogP contribution in [0.2, 0.25) is 5.02 Å². The first-order valence-electron chi connectivity index (χ1n) is 4.13.